The molecule has 0 unspecified atom stereocenters. The Morgan fingerprint density at radius 2 is 1.62 bits per heavy atom. The maximum absolute atomic E-state index is 4.25. The van der Waals surface area contributed by atoms with Crippen LogP contribution in [0.2, 0.25) is 0 Å². The van der Waals surface area contributed by atoms with Crippen LogP contribution in [0.3, 0.4) is 0 Å². The smallest absolute Gasteiger partial charge is 0.0772 e. The molecule has 0 spiro atoms. The molecule has 1 aromatic heterocycles. The number of hydrogen-bond acceptors (Lipinski definition) is 3. The Morgan fingerprint density at radius 1 is 1.15 bits per heavy atom. The van der Waals surface area contributed by atoms with E-state index in [1.165, 1.54) is 0 Å². The first-order valence-electron chi connectivity index (χ1n) is 4.91. The molecule has 3 nitrogen and oxygen atoms in total. The van der Waals surface area contributed by atoms with Crippen LogP contribution in [0.25, 0.3) is 0 Å². The Kier molecular flexibility index (Phi) is 3.83. The zero-order valence-corrected chi connectivity index (χ0v) is 8.62. The van der Waals surface area contributed by atoms with Gasteiger partial charge in [-0.05, 0) is 6.54 Å². The van der Waals surface area contributed by atoms with Crippen LogP contribution < -0.4 is 0 Å². The molecule has 0 saturated carbocycles. The molecule has 0 fully saturated rings. The first-order valence-corrected chi connectivity index (χ1v) is 4.91. The van der Waals surface area contributed by atoms with Crippen LogP contribution in [-0.4, -0.2) is 21.4 Å². The molecule has 1 aromatic rings. The van der Waals surface area contributed by atoms with Crippen molar-refractivity contribution in [2.75, 3.05) is 6.54 Å². The highest BCUT2D eigenvalue weighted by Crippen LogP contribution is 2.16. The number of hydrogen-bond donors (Lipinski definition) is 0. The number of rotatable bonds is 1. The average molecular weight is 179 g/mol. The Balaban J connectivity index is 0.000000396. The third-order valence-electron chi connectivity index (χ3n) is 2.05. The molecule has 1 aliphatic heterocycles. The second kappa shape index (κ2) is 4.92. The highest BCUT2D eigenvalue weighted by Gasteiger charge is 2.18. The maximum Gasteiger partial charge on any atom is 0.0772 e. The zero-order valence-electron chi connectivity index (χ0n) is 8.62. The van der Waals surface area contributed by atoms with Gasteiger partial charge in [-0.25, -0.2) is 0 Å². The first kappa shape index (κ1) is 10.1. The summed E-state index contributed by atoms with van der Waals surface area (Å²) in [6.07, 6.45) is 3.52. The fourth-order valence-electron chi connectivity index (χ4n) is 1.36. The molecule has 0 aliphatic carbocycles. The van der Waals surface area contributed by atoms with Gasteiger partial charge in [0, 0.05) is 25.5 Å². The normalized spacial score (nSPS) is 14.7. The minimum Gasteiger partial charge on any atom is -0.292 e. The lowest BCUT2D eigenvalue weighted by atomic mass is 10.4. The zero-order chi connectivity index (χ0) is 9.68. The van der Waals surface area contributed by atoms with Crippen LogP contribution in [0.4, 0.5) is 0 Å². The van der Waals surface area contributed by atoms with Crippen LogP contribution in [0.15, 0.2) is 12.4 Å². The van der Waals surface area contributed by atoms with Crippen molar-refractivity contribution < 1.29 is 0 Å². The number of aromatic nitrogens is 2. The molecule has 2 heterocycles. The van der Waals surface area contributed by atoms with Crippen molar-refractivity contribution in [2.45, 2.75) is 33.9 Å². The molecule has 13 heavy (non-hydrogen) atoms. The van der Waals surface area contributed by atoms with Gasteiger partial charge >= 0.3 is 0 Å². The first-order chi connectivity index (χ1) is 6.40. The van der Waals surface area contributed by atoms with E-state index >= 15 is 0 Å². The predicted octanol–water partition coefficient (Wildman–Crippen LogP) is 1.84. The molecule has 0 atom stereocenters. The summed E-state index contributed by atoms with van der Waals surface area (Å²) >= 11 is 0. The van der Waals surface area contributed by atoms with Gasteiger partial charge in [0.05, 0.1) is 11.4 Å². The molecule has 0 amide bonds. The van der Waals surface area contributed by atoms with E-state index in [9.17, 15) is 0 Å². The maximum atomic E-state index is 4.25. The molecule has 2 rings (SSSR count). The standard InChI is InChI=1S/C8H11N3.C2H6/c1-2-11-5-7-8(6-11)10-4-3-9-7;1-2/h3-4H,2,5-6H2,1H3;1-2H3. The second-order valence-corrected chi connectivity index (χ2v) is 2.75. The van der Waals surface area contributed by atoms with E-state index in [4.69, 9.17) is 0 Å². The van der Waals surface area contributed by atoms with E-state index in [0.29, 0.717) is 0 Å². The Labute approximate surface area is 79.8 Å². The van der Waals surface area contributed by atoms with Crippen LogP contribution in [-0.2, 0) is 13.1 Å². The summed E-state index contributed by atoms with van der Waals surface area (Å²) in [5, 5.41) is 0. The summed E-state index contributed by atoms with van der Waals surface area (Å²) in [4.78, 5) is 10.8. The fourth-order valence-corrected chi connectivity index (χ4v) is 1.36. The fraction of sp³-hybridized carbons (Fsp3) is 0.600. The van der Waals surface area contributed by atoms with Crippen molar-refractivity contribution >= 4 is 0 Å². The highest BCUT2D eigenvalue weighted by atomic mass is 15.2. The Morgan fingerprint density at radius 3 is 2.00 bits per heavy atom. The molecule has 72 valence electrons. The van der Waals surface area contributed by atoms with E-state index in [-0.39, 0.29) is 0 Å². The summed E-state index contributed by atoms with van der Waals surface area (Å²) in [7, 11) is 0. The predicted molar refractivity (Wildman–Crippen MR) is 53.2 cm³/mol. The molecule has 0 saturated heterocycles. The van der Waals surface area contributed by atoms with Gasteiger partial charge in [-0.3, -0.25) is 14.9 Å². The molecule has 3 heteroatoms. The Bertz CT molecular complexity index is 235. The average Bonchev–Trinajstić information content (AvgIpc) is 2.63. The van der Waals surface area contributed by atoms with Gasteiger partial charge in [0.15, 0.2) is 0 Å². The van der Waals surface area contributed by atoms with Gasteiger partial charge in [-0.2, -0.15) is 0 Å². The van der Waals surface area contributed by atoms with Crippen LogP contribution in [0, 0.1) is 0 Å². The van der Waals surface area contributed by atoms with E-state index in [1.54, 1.807) is 12.4 Å². The quantitative estimate of drug-likeness (QED) is 0.658. The molecular weight excluding hydrogens is 162 g/mol. The van der Waals surface area contributed by atoms with Crippen molar-refractivity contribution in [2.24, 2.45) is 0 Å². The van der Waals surface area contributed by atoms with Crippen molar-refractivity contribution in [3.05, 3.63) is 23.8 Å². The van der Waals surface area contributed by atoms with Gasteiger partial charge in [-0.15, -0.1) is 0 Å². The number of fused-ring (bicyclic) bond motifs is 1. The second-order valence-electron chi connectivity index (χ2n) is 2.75. The lowest BCUT2D eigenvalue weighted by molar-refractivity contribution is 0.297. The monoisotopic (exact) mass is 179 g/mol. The van der Waals surface area contributed by atoms with Crippen molar-refractivity contribution in [3.8, 4) is 0 Å². The van der Waals surface area contributed by atoms with Crippen LogP contribution >= 0.6 is 0 Å². The SMILES string of the molecule is CC.CCN1Cc2nccnc2C1. The lowest BCUT2D eigenvalue weighted by Crippen LogP contribution is -2.14. The lowest BCUT2D eigenvalue weighted by Gasteiger charge is -2.08. The summed E-state index contributed by atoms with van der Waals surface area (Å²) in [6.45, 7) is 9.18. The Hall–Kier alpha value is -0.960. The van der Waals surface area contributed by atoms with Crippen LogP contribution in [0.1, 0.15) is 32.2 Å². The largest absolute Gasteiger partial charge is 0.292 e. The topological polar surface area (TPSA) is 29.0 Å². The summed E-state index contributed by atoms with van der Waals surface area (Å²) in [6, 6.07) is 0. The minimum atomic E-state index is 0.972. The van der Waals surface area contributed by atoms with Gasteiger partial charge in [0.1, 0.15) is 0 Å². The van der Waals surface area contributed by atoms with Gasteiger partial charge in [0.25, 0.3) is 0 Å². The third kappa shape index (κ3) is 2.25. The molecule has 0 aromatic carbocycles. The molecule has 1 aliphatic rings. The van der Waals surface area contributed by atoms with Gasteiger partial charge < -0.3 is 0 Å². The van der Waals surface area contributed by atoms with Crippen LogP contribution in [0.5, 0.6) is 0 Å². The van der Waals surface area contributed by atoms with Gasteiger partial charge in [-0.1, -0.05) is 20.8 Å². The van der Waals surface area contributed by atoms with E-state index < -0.39 is 0 Å². The summed E-state index contributed by atoms with van der Waals surface area (Å²) in [5.74, 6) is 0. The van der Waals surface area contributed by atoms with Gasteiger partial charge in [0.2, 0.25) is 0 Å². The number of nitrogens with zero attached hydrogens (tertiary/aromatic N) is 3. The third-order valence-corrected chi connectivity index (χ3v) is 2.05. The minimum absolute atomic E-state index is 0.972. The highest BCUT2D eigenvalue weighted by molar-refractivity contribution is 5.14. The van der Waals surface area contributed by atoms with Crippen molar-refractivity contribution in [1.82, 2.24) is 14.9 Å². The van der Waals surface area contributed by atoms with E-state index in [2.05, 4.69) is 21.8 Å². The molecule has 0 radical (unpaired) electrons. The van der Waals surface area contributed by atoms with Crippen molar-refractivity contribution in [3.63, 3.8) is 0 Å². The van der Waals surface area contributed by atoms with E-state index in [0.717, 1.165) is 31.0 Å². The molecule has 0 N–H and O–H groups in total. The van der Waals surface area contributed by atoms with Crippen molar-refractivity contribution in [1.29, 1.82) is 0 Å². The molecular formula is C10H17N3. The summed E-state index contributed by atoms with van der Waals surface area (Å²) < 4.78 is 0. The molecule has 0 bridgehead atoms. The summed E-state index contributed by atoms with van der Waals surface area (Å²) in [5.41, 5.74) is 2.30. The van der Waals surface area contributed by atoms with E-state index in [1.807, 2.05) is 13.8 Å².